The number of rotatable bonds is 3. The molecule has 0 radical (unpaired) electrons. The van der Waals surface area contributed by atoms with Gasteiger partial charge in [0.1, 0.15) is 0 Å². The van der Waals surface area contributed by atoms with Crippen molar-refractivity contribution in [2.24, 2.45) is 5.73 Å². The van der Waals surface area contributed by atoms with Crippen molar-refractivity contribution in [3.05, 3.63) is 35.0 Å². The first kappa shape index (κ1) is 10.8. The van der Waals surface area contributed by atoms with E-state index in [4.69, 9.17) is 5.73 Å². The van der Waals surface area contributed by atoms with Crippen molar-refractivity contribution in [3.8, 4) is 0 Å². The zero-order valence-electron chi connectivity index (χ0n) is 10.6. The summed E-state index contributed by atoms with van der Waals surface area (Å²) in [4.78, 5) is 3.57. The van der Waals surface area contributed by atoms with Gasteiger partial charge in [0, 0.05) is 28.6 Å². The molecule has 0 saturated heterocycles. The van der Waals surface area contributed by atoms with Gasteiger partial charge in [0.2, 0.25) is 0 Å². The van der Waals surface area contributed by atoms with Crippen LogP contribution in [0, 0.1) is 6.92 Å². The molecule has 1 saturated carbocycles. The van der Waals surface area contributed by atoms with Gasteiger partial charge in [-0.2, -0.15) is 0 Å². The van der Waals surface area contributed by atoms with E-state index in [-0.39, 0.29) is 5.41 Å². The molecule has 1 aliphatic rings. The van der Waals surface area contributed by atoms with Crippen LogP contribution in [0.4, 0.5) is 0 Å². The van der Waals surface area contributed by atoms with Crippen LogP contribution in [-0.2, 0) is 11.8 Å². The van der Waals surface area contributed by atoms with Crippen molar-refractivity contribution in [1.82, 2.24) is 4.98 Å². The van der Waals surface area contributed by atoms with Crippen LogP contribution < -0.4 is 5.73 Å². The molecule has 17 heavy (non-hydrogen) atoms. The molecule has 0 aliphatic heterocycles. The van der Waals surface area contributed by atoms with Crippen LogP contribution in [0.1, 0.15) is 36.6 Å². The lowest BCUT2D eigenvalue weighted by atomic mass is 9.92. The number of aromatic amines is 1. The molecule has 2 heteroatoms. The predicted molar refractivity (Wildman–Crippen MR) is 72.4 cm³/mol. The van der Waals surface area contributed by atoms with Crippen molar-refractivity contribution in [2.75, 3.05) is 6.54 Å². The smallest absolute Gasteiger partial charge is 0.0491 e. The molecular weight excluding hydrogens is 208 g/mol. The molecule has 1 fully saturated rings. The summed E-state index contributed by atoms with van der Waals surface area (Å²) in [6.45, 7) is 5.17. The minimum atomic E-state index is 0.273. The van der Waals surface area contributed by atoms with Gasteiger partial charge in [0.05, 0.1) is 0 Å². The zero-order valence-corrected chi connectivity index (χ0v) is 10.6. The van der Waals surface area contributed by atoms with Crippen LogP contribution >= 0.6 is 0 Å². The molecule has 1 aromatic heterocycles. The fourth-order valence-electron chi connectivity index (χ4n) is 3.09. The van der Waals surface area contributed by atoms with E-state index < -0.39 is 0 Å². The maximum absolute atomic E-state index is 5.98. The summed E-state index contributed by atoms with van der Waals surface area (Å²) in [5.74, 6) is 0. The van der Waals surface area contributed by atoms with Crippen LogP contribution in [0.2, 0.25) is 0 Å². The van der Waals surface area contributed by atoms with E-state index in [2.05, 4.69) is 37.0 Å². The lowest BCUT2D eigenvalue weighted by molar-refractivity contribution is 0.705. The molecule has 0 amide bonds. The topological polar surface area (TPSA) is 41.8 Å². The first-order valence-corrected chi connectivity index (χ1v) is 6.52. The largest absolute Gasteiger partial charge is 0.358 e. The molecule has 1 heterocycles. The number of aromatic nitrogens is 1. The highest BCUT2D eigenvalue weighted by molar-refractivity contribution is 5.89. The maximum atomic E-state index is 5.98. The lowest BCUT2D eigenvalue weighted by Gasteiger charge is -2.13. The Morgan fingerprint density at radius 3 is 2.71 bits per heavy atom. The van der Waals surface area contributed by atoms with Crippen molar-refractivity contribution >= 4 is 10.9 Å². The van der Waals surface area contributed by atoms with Crippen molar-refractivity contribution in [1.29, 1.82) is 0 Å². The molecule has 0 unspecified atom stereocenters. The summed E-state index contributed by atoms with van der Waals surface area (Å²) in [6, 6.07) is 6.62. The van der Waals surface area contributed by atoms with Gasteiger partial charge >= 0.3 is 0 Å². The van der Waals surface area contributed by atoms with Gasteiger partial charge in [-0.15, -0.1) is 0 Å². The Morgan fingerprint density at radius 1 is 1.35 bits per heavy atom. The third-order valence-corrected chi connectivity index (χ3v) is 4.26. The summed E-state index contributed by atoms with van der Waals surface area (Å²) in [7, 11) is 0. The molecule has 3 rings (SSSR count). The highest BCUT2D eigenvalue weighted by Crippen LogP contribution is 2.51. The van der Waals surface area contributed by atoms with Gasteiger partial charge in [-0.3, -0.25) is 0 Å². The van der Waals surface area contributed by atoms with Gasteiger partial charge < -0.3 is 10.7 Å². The number of benzene rings is 1. The van der Waals surface area contributed by atoms with Gasteiger partial charge in [-0.25, -0.2) is 0 Å². The number of hydrogen-bond donors (Lipinski definition) is 2. The number of aryl methyl sites for hydroxylation is 2. The second-order valence-electron chi connectivity index (χ2n) is 5.30. The number of nitrogens with one attached hydrogen (secondary N) is 1. The average Bonchev–Trinajstić information content (AvgIpc) is 3.05. The van der Waals surface area contributed by atoms with E-state index in [0.717, 1.165) is 13.0 Å². The Labute approximate surface area is 102 Å². The predicted octanol–water partition coefficient (Wildman–Crippen LogP) is 3.03. The highest BCUT2D eigenvalue weighted by Gasteiger charge is 2.45. The van der Waals surface area contributed by atoms with E-state index in [0.29, 0.717) is 0 Å². The molecular formula is C15H20N2. The molecule has 0 atom stereocenters. The van der Waals surface area contributed by atoms with E-state index in [1.807, 2.05) is 0 Å². The number of para-hydroxylation sites is 1. The third-order valence-electron chi connectivity index (χ3n) is 4.26. The lowest BCUT2D eigenvalue weighted by Crippen LogP contribution is -2.20. The van der Waals surface area contributed by atoms with E-state index in [1.165, 1.54) is 40.6 Å². The first-order valence-electron chi connectivity index (χ1n) is 6.52. The van der Waals surface area contributed by atoms with Crippen molar-refractivity contribution in [2.45, 2.75) is 38.5 Å². The standard InChI is InChI=1S/C15H20N2/c1-3-11-5-4-6-12-13(10(2)17-14(11)12)15(9-16)7-8-15/h4-6,17H,3,7-9,16H2,1-2H3. The number of nitrogens with two attached hydrogens (primary N) is 1. The van der Waals surface area contributed by atoms with E-state index >= 15 is 0 Å². The summed E-state index contributed by atoms with van der Waals surface area (Å²) in [5, 5.41) is 1.39. The molecule has 1 aliphatic carbocycles. The molecule has 0 bridgehead atoms. The fourth-order valence-corrected chi connectivity index (χ4v) is 3.09. The Kier molecular flexibility index (Phi) is 2.30. The zero-order chi connectivity index (χ0) is 12.0. The second kappa shape index (κ2) is 3.61. The van der Waals surface area contributed by atoms with E-state index in [1.54, 1.807) is 0 Å². The third kappa shape index (κ3) is 1.44. The summed E-state index contributed by atoms with van der Waals surface area (Å²) in [5.41, 5.74) is 11.8. The Bertz CT molecular complexity index is 562. The van der Waals surface area contributed by atoms with Gasteiger partial charge in [0.15, 0.2) is 0 Å². The molecule has 0 spiro atoms. The number of hydrogen-bond acceptors (Lipinski definition) is 1. The molecule has 1 aromatic carbocycles. The molecule has 3 N–H and O–H groups in total. The van der Waals surface area contributed by atoms with Crippen LogP contribution in [0.25, 0.3) is 10.9 Å². The molecule has 2 aromatic rings. The monoisotopic (exact) mass is 228 g/mol. The molecule has 90 valence electrons. The van der Waals surface area contributed by atoms with Gasteiger partial charge in [-0.05, 0) is 37.3 Å². The van der Waals surface area contributed by atoms with Crippen LogP contribution in [-0.4, -0.2) is 11.5 Å². The van der Waals surface area contributed by atoms with Crippen LogP contribution in [0.3, 0.4) is 0 Å². The Morgan fingerprint density at radius 2 is 2.12 bits per heavy atom. The quantitative estimate of drug-likeness (QED) is 0.833. The van der Waals surface area contributed by atoms with Gasteiger partial charge in [0.25, 0.3) is 0 Å². The molecule has 2 nitrogen and oxygen atoms in total. The second-order valence-corrected chi connectivity index (χ2v) is 5.30. The SMILES string of the molecule is CCc1cccc2c(C3(CN)CC3)c(C)[nH]c12. The first-order chi connectivity index (χ1) is 8.22. The summed E-state index contributed by atoms with van der Waals surface area (Å²) >= 11 is 0. The van der Waals surface area contributed by atoms with Gasteiger partial charge in [-0.1, -0.05) is 25.1 Å². The number of H-pyrrole nitrogens is 1. The Balaban J connectivity index is 2.29. The number of fused-ring (bicyclic) bond motifs is 1. The minimum absolute atomic E-state index is 0.273. The maximum Gasteiger partial charge on any atom is 0.0491 e. The van der Waals surface area contributed by atoms with Crippen molar-refractivity contribution in [3.63, 3.8) is 0 Å². The normalized spacial score (nSPS) is 17.6. The van der Waals surface area contributed by atoms with Crippen LogP contribution in [0.5, 0.6) is 0 Å². The summed E-state index contributed by atoms with van der Waals surface area (Å²) in [6.07, 6.45) is 3.56. The minimum Gasteiger partial charge on any atom is -0.358 e. The van der Waals surface area contributed by atoms with Crippen molar-refractivity contribution < 1.29 is 0 Å². The fraction of sp³-hybridized carbons (Fsp3) is 0.467. The van der Waals surface area contributed by atoms with E-state index in [9.17, 15) is 0 Å². The Hall–Kier alpha value is -1.28. The highest BCUT2D eigenvalue weighted by atomic mass is 14.8. The average molecular weight is 228 g/mol. The van der Waals surface area contributed by atoms with Crippen LogP contribution in [0.15, 0.2) is 18.2 Å². The summed E-state index contributed by atoms with van der Waals surface area (Å²) < 4.78 is 0.